The lowest BCUT2D eigenvalue weighted by molar-refractivity contribution is 0.565. The summed E-state index contributed by atoms with van der Waals surface area (Å²) in [5.74, 6) is 1.88. The van der Waals surface area contributed by atoms with Crippen molar-refractivity contribution < 1.29 is 4.79 Å². The molecule has 0 aliphatic heterocycles. The molecular weight excluding hydrogens is 100 g/mol. The Bertz CT molecular complexity index is 112. The van der Waals surface area contributed by atoms with Gasteiger partial charge in [-0.25, -0.2) is 4.79 Å². The maximum atomic E-state index is 9.95. The van der Waals surface area contributed by atoms with E-state index in [1.807, 2.05) is 12.4 Å². The highest BCUT2D eigenvalue weighted by Crippen LogP contribution is 2.17. The molecule has 0 aromatic heterocycles. The van der Waals surface area contributed by atoms with Crippen molar-refractivity contribution in [1.29, 1.82) is 0 Å². The fourth-order valence-electron chi connectivity index (χ4n) is 0.800. The van der Waals surface area contributed by atoms with Crippen LogP contribution in [-0.2, 0) is 4.79 Å². The van der Waals surface area contributed by atoms with Crippen molar-refractivity contribution in [2.75, 3.05) is 0 Å². The second-order valence-electron chi connectivity index (χ2n) is 1.90. The molecule has 0 saturated heterocycles. The Morgan fingerprint density at radius 2 is 2.38 bits per heavy atom. The first-order valence-electron chi connectivity index (χ1n) is 2.82. The molecule has 1 aliphatic carbocycles. The van der Waals surface area contributed by atoms with Gasteiger partial charge in [0, 0.05) is 5.57 Å². The molecule has 0 spiro atoms. The molecule has 0 atom stereocenters. The quantitative estimate of drug-likeness (QED) is 0.428. The lowest BCUT2D eigenvalue weighted by atomic mass is 9.96. The number of hydrogen-bond acceptors (Lipinski definition) is 1. The minimum Gasteiger partial charge on any atom is -0.234 e. The fraction of sp³-hybridized carbons (Fsp3) is 0.429. The average molecular weight is 108 g/mol. The molecule has 1 saturated carbocycles. The third-order valence-electron chi connectivity index (χ3n) is 1.26. The smallest absolute Gasteiger partial charge is 0.123 e. The van der Waals surface area contributed by atoms with Gasteiger partial charge in [-0.05, 0) is 32.1 Å². The Kier molecular flexibility index (Phi) is 1.87. The van der Waals surface area contributed by atoms with E-state index in [1.165, 1.54) is 0 Å². The van der Waals surface area contributed by atoms with Crippen molar-refractivity contribution in [1.82, 2.24) is 0 Å². The lowest BCUT2D eigenvalue weighted by Crippen LogP contribution is -1.94. The van der Waals surface area contributed by atoms with Gasteiger partial charge in [-0.15, -0.1) is 0 Å². The van der Waals surface area contributed by atoms with E-state index in [9.17, 15) is 4.79 Å². The fourth-order valence-corrected chi connectivity index (χ4v) is 0.800. The standard InChI is InChI=1S/C7H8O/c8-6-7-4-2-1-3-5-7/h2,5H,1,3-4H2. The summed E-state index contributed by atoms with van der Waals surface area (Å²) in [6.45, 7) is 0. The summed E-state index contributed by atoms with van der Waals surface area (Å²) in [5, 5.41) is 0. The molecule has 1 fully saturated rings. The third kappa shape index (κ3) is 1.21. The highest BCUT2D eigenvalue weighted by molar-refractivity contribution is 5.56. The molecule has 42 valence electrons. The van der Waals surface area contributed by atoms with Gasteiger partial charge < -0.3 is 0 Å². The van der Waals surface area contributed by atoms with E-state index in [2.05, 4.69) is 6.42 Å². The zero-order valence-corrected chi connectivity index (χ0v) is 4.68. The average Bonchev–Trinajstić information content (AvgIpc) is 1.90. The first-order chi connectivity index (χ1) is 3.93. The van der Waals surface area contributed by atoms with Gasteiger partial charge in [-0.3, -0.25) is 0 Å². The van der Waals surface area contributed by atoms with Crippen molar-refractivity contribution in [2.45, 2.75) is 19.3 Å². The molecule has 2 radical (unpaired) electrons. The largest absolute Gasteiger partial charge is 0.234 e. The predicted molar refractivity (Wildman–Crippen MR) is 31.7 cm³/mol. The first-order valence-corrected chi connectivity index (χ1v) is 2.82. The Labute approximate surface area is 49.4 Å². The van der Waals surface area contributed by atoms with E-state index in [0.717, 1.165) is 24.8 Å². The van der Waals surface area contributed by atoms with Crippen LogP contribution in [0.5, 0.6) is 0 Å². The zero-order chi connectivity index (χ0) is 5.82. The molecule has 0 heterocycles. The summed E-state index contributed by atoms with van der Waals surface area (Å²) in [7, 11) is 0. The summed E-state index contributed by atoms with van der Waals surface area (Å²) in [6.07, 6.45) is 7.02. The molecule has 1 nitrogen and oxygen atoms in total. The van der Waals surface area contributed by atoms with Crippen molar-refractivity contribution in [3.05, 3.63) is 18.4 Å². The highest BCUT2D eigenvalue weighted by Gasteiger charge is 2.04. The second kappa shape index (κ2) is 2.68. The van der Waals surface area contributed by atoms with E-state index in [1.54, 1.807) is 0 Å². The summed E-state index contributed by atoms with van der Waals surface area (Å²) in [4.78, 5) is 9.95. The van der Waals surface area contributed by atoms with E-state index >= 15 is 0 Å². The molecule has 0 aromatic rings. The Hall–Kier alpha value is -0.550. The maximum absolute atomic E-state index is 9.95. The Balaban J connectivity index is 2.45. The topological polar surface area (TPSA) is 17.1 Å². The molecule has 1 aliphatic rings. The molecule has 0 unspecified atom stereocenters. The molecular formula is C7H8O. The van der Waals surface area contributed by atoms with Crippen LogP contribution < -0.4 is 0 Å². The van der Waals surface area contributed by atoms with Crippen molar-refractivity contribution >= 4 is 5.94 Å². The summed E-state index contributed by atoms with van der Waals surface area (Å²) < 4.78 is 0. The summed E-state index contributed by atoms with van der Waals surface area (Å²) >= 11 is 0. The Morgan fingerprint density at radius 3 is 2.75 bits per heavy atom. The zero-order valence-electron chi connectivity index (χ0n) is 4.68. The van der Waals surface area contributed by atoms with Crippen LogP contribution in [0.4, 0.5) is 0 Å². The monoisotopic (exact) mass is 108 g/mol. The van der Waals surface area contributed by atoms with Crippen LogP contribution in [0, 0.1) is 12.8 Å². The predicted octanol–water partition coefficient (Wildman–Crippen LogP) is 1.34. The number of carbonyl (C=O) groups excluding carboxylic acids is 1. The molecule has 1 heteroatoms. The van der Waals surface area contributed by atoms with Crippen LogP contribution in [0.3, 0.4) is 0 Å². The second-order valence-corrected chi connectivity index (χ2v) is 1.90. The van der Waals surface area contributed by atoms with Gasteiger partial charge in [0.25, 0.3) is 0 Å². The number of rotatable bonds is 0. The van der Waals surface area contributed by atoms with Gasteiger partial charge in [-0.1, -0.05) is 0 Å². The molecule has 0 N–H and O–H groups in total. The van der Waals surface area contributed by atoms with Crippen LogP contribution in [0.15, 0.2) is 5.57 Å². The van der Waals surface area contributed by atoms with Crippen LogP contribution in [0.1, 0.15) is 19.3 Å². The minimum absolute atomic E-state index is 0.816. The molecule has 0 bridgehead atoms. The van der Waals surface area contributed by atoms with Crippen molar-refractivity contribution in [2.24, 2.45) is 0 Å². The van der Waals surface area contributed by atoms with E-state index in [4.69, 9.17) is 0 Å². The minimum atomic E-state index is 0.816. The van der Waals surface area contributed by atoms with Crippen molar-refractivity contribution in [3.8, 4) is 0 Å². The molecule has 1 rings (SSSR count). The van der Waals surface area contributed by atoms with Gasteiger partial charge in [0.2, 0.25) is 0 Å². The highest BCUT2D eigenvalue weighted by atomic mass is 16.1. The SMILES string of the molecule is O=C=C1[CH]CC[CH]C1. The van der Waals surface area contributed by atoms with Crippen LogP contribution in [0.25, 0.3) is 0 Å². The third-order valence-corrected chi connectivity index (χ3v) is 1.26. The van der Waals surface area contributed by atoms with E-state index in [0.29, 0.717) is 0 Å². The number of allylic oxidation sites excluding steroid dienone is 1. The van der Waals surface area contributed by atoms with Crippen LogP contribution in [-0.4, -0.2) is 5.94 Å². The van der Waals surface area contributed by atoms with E-state index < -0.39 is 0 Å². The van der Waals surface area contributed by atoms with Crippen LogP contribution in [0.2, 0.25) is 0 Å². The van der Waals surface area contributed by atoms with Crippen LogP contribution >= 0.6 is 0 Å². The number of hydrogen-bond donors (Lipinski definition) is 0. The van der Waals surface area contributed by atoms with Crippen molar-refractivity contribution in [3.63, 3.8) is 0 Å². The summed E-state index contributed by atoms with van der Waals surface area (Å²) in [5.41, 5.74) is 0.816. The lowest BCUT2D eigenvalue weighted by Gasteiger charge is -2.07. The van der Waals surface area contributed by atoms with Gasteiger partial charge >= 0.3 is 0 Å². The Morgan fingerprint density at radius 1 is 1.50 bits per heavy atom. The molecule has 0 amide bonds. The molecule has 0 aromatic carbocycles. The van der Waals surface area contributed by atoms with Gasteiger partial charge in [-0.2, -0.15) is 0 Å². The molecule has 8 heavy (non-hydrogen) atoms. The summed E-state index contributed by atoms with van der Waals surface area (Å²) in [6, 6.07) is 0. The van der Waals surface area contributed by atoms with E-state index in [-0.39, 0.29) is 0 Å². The normalized spacial score (nSPS) is 20.2. The van der Waals surface area contributed by atoms with Gasteiger partial charge in [0.1, 0.15) is 5.94 Å². The maximum Gasteiger partial charge on any atom is 0.123 e. The van der Waals surface area contributed by atoms with Gasteiger partial charge in [0.05, 0.1) is 0 Å². The first kappa shape index (κ1) is 5.58. The van der Waals surface area contributed by atoms with Gasteiger partial charge in [0.15, 0.2) is 0 Å².